The third kappa shape index (κ3) is 1.69. The van der Waals surface area contributed by atoms with Crippen LogP contribution in [0.3, 0.4) is 0 Å². The molecule has 0 aromatic heterocycles. The molecule has 4 heterocycles. The van der Waals surface area contributed by atoms with E-state index in [-0.39, 0.29) is 24.3 Å². The third-order valence-electron chi connectivity index (χ3n) is 4.69. The van der Waals surface area contributed by atoms with Gasteiger partial charge in [-0.15, -0.1) is 0 Å². The molecule has 1 aromatic rings. The van der Waals surface area contributed by atoms with Crippen LogP contribution in [0.2, 0.25) is 0 Å². The maximum Gasteiger partial charge on any atom is 0.243 e. The van der Waals surface area contributed by atoms with E-state index in [1.54, 1.807) is 34.6 Å². The first-order valence-corrected chi connectivity index (χ1v) is 8.43. The Morgan fingerprint density at radius 2 is 1.90 bits per heavy atom. The summed E-state index contributed by atoms with van der Waals surface area (Å²) in [7, 11) is -3.54. The number of aliphatic hydroxyl groups is 1. The molecule has 0 unspecified atom stereocenters. The number of ether oxygens (including phenoxy) is 1. The number of rotatable bonds is 2. The van der Waals surface area contributed by atoms with Gasteiger partial charge in [0.25, 0.3) is 0 Å². The molecular formula is C14H17NO4S. The SMILES string of the molecule is O=S(=O)(c1ccccc1)N1[C@H]2C[C@H]3C[C@@H]1[C@@H](O)[C@@H](C2)O3. The van der Waals surface area contributed by atoms with Crippen LogP contribution >= 0.6 is 0 Å². The Morgan fingerprint density at radius 3 is 2.65 bits per heavy atom. The Morgan fingerprint density at radius 1 is 1.15 bits per heavy atom. The summed E-state index contributed by atoms with van der Waals surface area (Å²) < 4.78 is 33.0. The second-order valence-corrected chi connectivity index (χ2v) is 7.71. The van der Waals surface area contributed by atoms with Crippen molar-refractivity contribution in [2.24, 2.45) is 0 Å². The van der Waals surface area contributed by atoms with Gasteiger partial charge in [0.1, 0.15) is 0 Å². The van der Waals surface area contributed by atoms with Gasteiger partial charge in [-0.1, -0.05) is 18.2 Å². The van der Waals surface area contributed by atoms with Gasteiger partial charge in [-0.25, -0.2) is 8.42 Å². The second kappa shape index (κ2) is 4.27. The summed E-state index contributed by atoms with van der Waals surface area (Å²) in [5, 5.41) is 10.3. The van der Waals surface area contributed by atoms with E-state index in [2.05, 4.69) is 0 Å². The molecule has 20 heavy (non-hydrogen) atoms. The lowest BCUT2D eigenvalue weighted by atomic mass is 9.78. The number of hydrogen-bond donors (Lipinski definition) is 1. The first kappa shape index (κ1) is 12.8. The maximum absolute atomic E-state index is 12.8. The van der Waals surface area contributed by atoms with E-state index >= 15 is 0 Å². The lowest BCUT2D eigenvalue weighted by molar-refractivity contribution is -0.215. The van der Waals surface area contributed by atoms with Crippen molar-refractivity contribution in [1.29, 1.82) is 0 Å². The molecule has 0 aliphatic carbocycles. The fourth-order valence-electron chi connectivity index (χ4n) is 3.88. The third-order valence-corrected chi connectivity index (χ3v) is 6.68. The number of aliphatic hydroxyl groups excluding tert-OH is 1. The summed E-state index contributed by atoms with van der Waals surface area (Å²) >= 11 is 0. The van der Waals surface area contributed by atoms with E-state index in [4.69, 9.17) is 4.74 Å². The Kier molecular flexibility index (Phi) is 2.73. The van der Waals surface area contributed by atoms with Crippen LogP contribution in [0.5, 0.6) is 0 Å². The zero-order chi connectivity index (χ0) is 13.9. The molecule has 5 rings (SSSR count). The number of piperidine rings is 2. The van der Waals surface area contributed by atoms with Crippen molar-refractivity contribution in [2.75, 3.05) is 0 Å². The highest BCUT2D eigenvalue weighted by molar-refractivity contribution is 7.89. The van der Waals surface area contributed by atoms with Gasteiger partial charge < -0.3 is 9.84 Å². The lowest BCUT2D eigenvalue weighted by Crippen LogP contribution is -2.69. The average Bonchev–Trinajstić information content (AvgIpc) is 2.44. The van der Waals surface area contributed by atoms with Gasteiger partial charge >= 0.3 is 0 Å². The Labute approximate surface area is 118 Å². The first-order chi connectivity index (χ1) is 9.57. The molecular weight excluding hydrogens is 278 g/mol. The van der Waals surface area contributed by atoms with Crippen LogP contribution in [0, 0.1) is 0 Å². The molecule has 0 spiro atoms. The predicted molar refractivity (Wildman–Crippen MR) is 71.6 cm³/mol. The number of nitrogens with zero attached hydrogens (tertiary/aromatic N) is 1. The minimum atomic E-state index is -3.54. The van der Waals surface area contributed by atoms with Crippen molar-refractivity contribution in [1.82, 2.24) is 4.31 Å². The molecule has 5 nitrogen and oxygen atoms in total. The van der Waals surface area contributed by atoms with Gasteiger partial charge in [-0.3, -0.25) is 0 Å². The topological polar surface area (TPSA) is 66.8 Å². The summed E-state index contributed by atoms with van der Waals surface area (Å²) in [5.41, 5.74) is 0. The molecule has 4 aliphatic rings. The molecule has 0 saturated carbocycles. The molecule has 0 amide bonds. The minimum absolute atomic E-state index is 0.0360. The molecule has 4 aliphatic heterocycles. The van der Waals surface area contributed by atoms with Crippen LogP contribution in [0.4, 0.5) is 0 Å². The highest BCUT2D eigenvalue weighted by atomic mass is 32.2. The van der Waals surface area contributed by atoms with Crippen LogP contribution < -0.4 is 0 Å². The highest BCUT2D eigenvalue weighted by Crippen LogP contribution is 2.45. The quantitative estimate of drug-likeness (QED) is 0.874. The van der Waals surface area contributed by atoms with E-state index < -0.39 is 16.1 Å². The smallest absolute Gasteiger partial charge is 0.243 e. The van der Waals surface area contributed by atoms with Gasteiger partial charge in [-0.05, 0) is 31.4 Å². The summed E-state index contributed by atoms with van der Waals surface area (Å²) in [4.78, 5) is 0.306. The molecule has 1 N–H and O–H groups in total. The summed E-state index contributed by atoms with van der Waals surface area (Å²) in [6, 6.07) is 8.11. The standard InChI is InChI=1S/C14H17NO4S/c16-14-12-8-10-6-9(7-13(14)19-10)15(12)20(17,18)11-4-2-1-3-5-11/h1-5,9-10,12-14,16H,6-8H2/t9-,10-,12+,13+,14+/m0/s1. The molecule has 108 valence electrons. The number of hydrogen-bond acceptors (Lipinski definition) is 4. The largest absolute Gasteiger partial charge is 0.389 e. The van der Waals surface area contributed by atoms with Gasteiger partial charge in [0, 0.05) is 6.04 Å². The fourth-order valence-corrected chi connectivity index (χ4v) is 5.75. The van der Waals surface area contributed by atoms with E-state index in [1.807, 2.05) is 0 Å². The van der Waals surface area contributed by atoms with Crippen LogP contribution in [-0.4, -0.2) is 48.2 Å². The van der Waals surface area contributed by atoms with Gasteiger partial charge in [-0.2, -0.15) is 4.31 Å². The zero-order valence-electron chi connectivity index (χ0n) is 10.9. The first-order valence-electron chi connectivity index (χ1n) is 6.99. The molecule has 4 fully saturated rings. The molecule has 4 saturated heterocycles. The van der Waals surface area contributed by atoms with E-state index in [0.717, 1.165) is 6.42 Å². The lowest BCUT2D eigenvalue weighted by Gasteiger charge is -2.57. The van der Waals surface area contributed by atoms with Crippen molar-refractivity contribution < 1.29 is 18.3 Å². The minimum Gasteiger partial charge on any atom is -0.389 e. The molecule has 5 atom stereocenters. The molecule has 4 bridgehead atoms. The maximum atomic E-state index is 12.8. The van der Waals surface area contributed by atoms with Gasteiger partial charge in [0.05, 0.1) is 29.2 Å². The zero-order valence-corrected chi connectivity index (χ0v) is 11.7. The second-order valence-electron chi connectivity index (χ2n) is 5.86. The average molecular weight is 295 g/mol. The van der Waals surface area contributed by atoms with Crippen molar-refractivity contribution in [3.05, 3.63) is 30.3 Å². The highest BCUT2D eigenvalue weighted by Gasteiger charge is 2.56. The van der Waals surface area contributed by atoms with Gasteiger partial charge in [0.2, 0.25) is 10.0 Å². The molecule has 6 heteroatoms. The van der Waals surface area contributed by atoms with Crippen LogP contribution in [0.15, 0.2) is 35.2 Å². The van der Waals surface area contributed by atoms with E-state index in [0.29, 0.717) is 17.7 Å². The monoisotopic (exact) mass is 295 g/mol. The van der Waals surface area contributed by atoms with E-state index in [1.165, 1.54) is 0 Å². The predicted octanol–water partition coefficient (Wildman–Crippen LogP) is 0.740. The van der Waals surface area contributed by atoms with Crippen LogP contribution in [-0.2, 0) is 14.8 Å². The Hall–Kier alpha value is -0.950. The van der Waals surface area contributed by atoms with Gasteiger partial charge in [0.15, 0.2) is 0 Å². The Balaban J connectivity index is 1.75. The van der Waals surface area contributed by atoms with Crippen molar-refractivity contribution in [3.8, 4) is 0 Å². The Bertz CT molecular complexity index is 617. The molecule has 1 aromatic carbocycles. The normalized spacial score (nSPS) is 40.1. The van der Waals surface area contributed by atoms with Crippen LogP contribution in [0.1, 0.15) is 19.3 Å². The summed E-state index contributed by atoms with van der Waals surface area (Å²) in [5.74, 6) is 0. The van der Waals surface area contributed by atoms with Crippen molar-refractivity contribution >= 4 is 10.0 Å². The summed E-state index contributed by atoms with van der Waals surface area (Å²) in [6.07, 6.45) is 1.14. The van der Waals surface area contributed by atoms with Crippen LogP contribution in [0.25, 0.3) is 0 Å². The number of benzene rings is 1. The number of sulfonamides is 1. The fraction of sp³-hybridized carbons (Fsp3) is 0.571. The van der Waals surface area contributed by atoms with Crippen molar-refractivity contribution in [2.45, 2.75) is 54.6 Å². The summed E-state index contributed by atoms with van der Waals surface area (Å²) in [6.45, 7) is 0. The molecule has 0 radical (unpaired) electrons. The van der Waals surface area contributed by atoms with Crippen molar-refractivity contribution in [3.63, 3.8) is 0 Å². The van der Waals surface area contributed by atoms with E-state index in [9.17, 15) is 13.5 Å².